The van der Waals surface area contributed by atoms with Crippen LogP contribution in [0, 0.1) is 11.3 Å². The van der Waals surface area contributed by atoms with Gasteiger partial charge in [-0.15, -0.1) is 0 Å². The Kier molecular flexibility index (Phi) is 4.75. The van der Waals surface area contributed by atoms with E-state index in [0.29, 0.717) is 6.42 Å². The van der Waals surface area contributed by atoms with E-state index in [0.717, 1.165) is 6.42 Å². The van der Waals surface area contributed by atoms with Gasteiger partial charge in [0.25, 0.3) is 0 Å². The molecule has 0 saturated carbocycles. The quantitative estimate of drug-likeness (QED) is 0.291. The van der Waals surface area contributed by atoms with Crippen molar-refractivity contribution in [3.8, 4) is 28.3 Å². The van der Waals surface area contributed by atoms with Crippen molar-refractivity contribution in [3.63, 3.8) is 0 Å². The fourth-order valence-electron chi connectivity index (χ4n) is 4.41. The van der Waals surface area contributed by atoms with E-state index in [-0.39, 0.29) is 0 Å². The van der Waals surface area contributed by atoms with Crippen LogP contribution < -0.4 is 0 Å². The number of rotatable bonds is 4. The molecule has 0 fully saturated rings. The van der Waals surface area contributed by atoms with Crippen LogP contribution in [0.3, 0.4) is 0 Å². The maximum absolute atomic E-state index is 9.06. The maximum Gasteiger partial charge on any atom is 0.0625 e. The predicted octanol–water partition coefficient (Wildman–Crippen LogP) is 7.78. The minimum atomic E-state index is 0.533. The summed E-state index contributed by atoms with van der Waals surface area (Å²) in [7, 11) is 0. The standard InChI is InChI=1S/C29H21N/c30-19-9-10-21-17-18-26-27(20-21)29(23-13-5-2-6-14-23)25-16-8-7-15-24(25)28(26)22-11-3-1-4-12-22/h1-8,11-18,20H,9-10H2. The molecule has 142 valence electrons. The van der Waals surface area contributed by atoms with Crippen LogP contribution in [0.2, 0.25) is 0 Å². The van der Waals surface area contributed by atoms with Crippen LogP contribution in [0.1, 0.15) is 12.0 Å². The number of hydrogen-bond acceptors (Lipinski definition) is 1. The van der Waals surface area contributed by atoms with E-state index in [2.05, 4.69) is 109 Å². The van der Waals surface area contributed by atoms with Crippen molar-refractivity contribution in [1.29, 1.82) is 5.26 Å². The lowest BCUT2D eigenvalue weighted by atomic mass is 9.85. The maximum atomic E-state index is 9.06. The van der Waals surface area contributed by atoms with E-state index in [4.69, 9.17) is 5.26 Å². The number of benzene rings is 5. The molecule has 0 amide bonds. The molecule has 0 heterocycles. The first kappa shape index (κ1) is 18.2. The zero-order chi connectivity index (χ0) is 20.3. The first-order valence-corrected chi connectivity index (χ1v) is 10.3. The van der Waals surface area contributed by atoms with Crippen molar-refractivity contribution in [1.82, 2.24) is 0 Å². The smallest absolute Gasteiger partial charge is 0.0625 e. The highest BCUT2D eigenvalue weighted by atomic mass is 14.2. The normalized spacial score (nSPS) is 10.9. The van der Waals surface area contributed by atoms with Crippen LogP contribution in [0.4, 0.5) is 0 Å². The van der Waals surface area contributed by atoms with Crippen molar-refractivity contribution in [2.75, 3.05) is 0 Å². The molecule has 1 heteroatoms. The monoisotopic (exact) mass is 383 g/mol. The Morgan fingerprint density at radius 2 is 1.03 bits per heavy atom. The molecule has 1 nitrogen and oxygen atoms in total. The first-order valence-electron chi connectivity index (χ1n) is 10.3. The molecule has 0 radical (unpaired) electrons. The fraction of sp³-hybridized carbons (Fsp3) is 0.0690. The average molecular weight is 383 g/mol. The van der Waals surface area contributed by atoms with Gasteiger partial charge in [0.1, 0.15) is 0 Å². The number of nitrogens with zero attached hydrogens (tertiary/aromatic N) is 1. The van der Waals surface area contributed by atoms with Gasteiger partial charge in [-0.25, -0.2) is 0 Å². The largest absolute Gasteiger partial charge is 0.198 e. The van der Waals surface area contributed by atoms with Gasteiger partial charge in [-0.1, -0.05) is 103 Å². The van der Waals surface area contributed by atoms with Crippen molar-refractivity contribution < 1.29 is 0 Å². The molecule has 0 saturated heterocycles. The van der Waals surface area contributed by atoms with E-state index in [1.807, 2.05) is 0 Å². The Hall–Kier alpha value is -3.89. The van der Waals surface area contributed by atoms with Gasteiger partial charge in [-0.3, -0.25) is 0 Å². The molecule has 5 aromatic carbocycles. The highest BCUT2D eigenvalue weighted by Crippen LogP contribution is 2.43. The Morgan fingerprint density at radius 3 is 1.60 bits per heavy atom. The number of hydrogen-bond donors (Lipinski definition) is 0. The van der Waals surface area contributed by atoms with Gasteiger partial charge in [0.05, 0.1) is 6.07 Å². The zero-order valence-corrected chi connectivity index (χ0v) is 16.7. The molecule has 0 aliphatic heterocycles. The molecular weight excluding hydrogens is 362 g/mol. The predicted molar refractivity (Wildman–Crippen MR) is 126 cm³/mol. The Bertz CT molecular complexity index is 1380. The van der Waals surface area contributed by atoms with Gasteiger partial charge in [-0.05, 0) is 55.8 Å². The number of aryl methyl sites for hydroxylation is 1. The topological polar surface area (TPSA) is 23.8 Å². The van der Waals surface area contributed by atoms with Crippen LogP contribution in [-0.2, 0) is 6.42 Å². The van der Waals surface area contributed by atoms with E-state index >= 15 is 0 Å². The van der Waals surface area contributed by atoms with Crippen molar-refractivity contribution in [2.45, 2.75) is 12.8 Å². The molecule has 0 N–H and O–H groups in total. The molecular formula is C29H21N. The third-order valence-electron chi connectivity index (χ3n) is 5.74. The van der Waals surface area contributed by atoms with Gasteiger partial charge in [0.2, 0.25) is 0 Å². The summed E-state index contributed by atoms with van der Waals surface area (Å²) >= 11 is 0. The van der Waals surface area contributed by atoms with Crippen LogP contribution in [0.25, 0.3) is 43.8 Å². The summed E-state index contributed by atoms with van der Waals surface area (Å²) in [5.41, 5.74) is 6.18. The lowest BCUT2D eigenvalue weighted by Gasteiger charge is -2.18. The van der Waals surface area contributed by atoms with E-state index in [9.17, 15) is 0 Å². The fourth-order valence-corrected chi connectivity index (χ4v) is 4.41. The highest BCUT2D eigenvalue weighted by Gasteiger charge is 2.16. The number of fused-ring (bicyclic) bond motifs is 2. The molecule has 0 aliphatic rings. The third-order valence-corrected chi connectivity index (χ3v) is 5.74. The number of nitriles is 1. The molecule has 30 heavy (non-hydrogen) atoms. The average Bonchev–Trinajstić information content (AvgIpc) is 2.82. The van der Waals surface area contributed by atoms with Gasteiger partial charge in [0.15, 0.2) is 0 Å². The third kappa shape index (κ3) is 3.13. The van der Waals surface area contributed by atoms with Gasteiger partial charge >= 0.3 is 0 Å². The minimum absolute atomic E-state index is 0.533. The molecule has 5 aromatic rings. The molecule has 0 unspecified atom stereocenters. The van der Waals surface area contributed by atoms with Crippen molar-refractivity contribution in [2.24, 2.45) is 0 Å². The second-order valence-electron chi connectivity index (χ2n) is 7.57. The van der Waals surface area contributed by atoms with Crippen LogP contribution in [0.15, 0.2) is 103 Å². The molecule has 0 bridgehead atoms. The zero-order valence-electron chi connectivity index (χ0n) is 16.7. The van der Waals surface area contributed by atoms with E-state index in [1.54, 1.807) is 0 Å². The SMILES string of the molecule is N#CCCc1ccc2c(-c3ccccc3)c3ccccc3c(-c3ccccc3)c2c1. The van der Waals surface area contributed by atoms with Crippen LogP contribution in [0.5, 0.6) is 0 Å². The summed E-state index contributed by atoms with van der Waals surface area (Å²) in [4.78, 5) is 0. The second kappa shape index (κ2) is 7.85. The van der Waals surface area contributed by atoms with Crippen molar-refractivity contribution in [3.05, 3.63) is 109 Å². The molecule has 0 aliphatic carbocycles. The van der Waals surface area contributed by atoms with Crippen molar-refractivity contribution >= 4 is 21.5 Å². The van der Waals surface area contributed by atoms with Crippen LogP contribution >= 0.6 is 0 Å². The molecule has 0 aromatic heterocycles. The lowest BCUT2D eigenvalue weighted by Crippen LogP contribution is -1.92. The summed E-state index contributed by atoms with van der Waals surface area (Å²) in [6.45, 7) is 0. The first-order chi connectivity index (χ1) is 14.9. The molecule has 5 rings (SSSR count). The van der Waals surface area contributed by atoms with Crippen LogP contribution in [-0.4, -0.2) is 0 Å². The Labute approximate surface area is 176 Å². The van der Waals surface area contributed by atoms with E-state index in [1.165, 1.54) is 49.4 Å². The second-order valence-corrected chi connectivity index (χ2v) is 7.57. The summed E-state index contributed by atoms with van der Waals surface area (Å²) in [6, 6.07) is 38.9. The molecule has 0 atom stereocenters. The van der Waals surface area contributed by atoms with Gasteiger partial charge in [-0.2, -0.15) is 5.26 Å². The molecule has 0 spiro atoms. The Balaban J connectivity index is 1.95. The highest BCUT2D eigenvalue weighted by molar-refractivity contribution is 6.21. The lowest BCUT2D eigenvalue weighted by molar-refractivity contribution is 1.01. The minimum Gasteiger partial charge on any atom is -0.198 e. The summed E-state index contributed by atoms with van der Waals surface area (Å²) in [5, 5.41) is 14.1. The Morgan fingerprint density at radius 1 is 0.533 bits per heavy atom. The van der Waals surface area contributed by atoms with Gasteiger partial charge < -0.3 is 0 Å². The van der Waals surface area contributed by atoms with Gasteiger partial charge in [0, 0.05) is 6.42 Å². The summed E-state index contributed by atoms with van der Waals surface area (Å²) < 4.78 is 0. The summed E-state index contributed by atoms with van der Waals surface area (Å²) in [5.74, 6) is 0. The summed E-state index contributed by atoms with van der Waals surface area (Å²) in [6.07, 6.45) is 1.31. The van der Waals surface area contributed by atoms with E-state index < -0.39 is 0 Å².